The molecule has 14 heavy (non-hydrogen) atoms. The molecule has 0 aromatic carbocycles. The summed E-state index contributed by atoms with van der Waals surface area (Å²) in [5.74, 6) is -2.22. The van der Waals surface area contributed by atoms with Gasteiger partial charge in [-0.25, -0.2) is 8.78 Å². The minimum Gasteiger partial charge on any atom is -0.393 e. The molecule has 1 N–H and O–H groups in total. The smallest absolute Gasteiger partial charge is 0.248 e. The number of halogens is 2. The van der Waals surface area contributed by atoms with Gasteiger partial charge in [0, 0.05) is 12.8 Å². The molecule has 1 nitrogen and oxygen atoms in total. The summed E-state index contributed by atoms with van der Waals surface area (Å²) < 4.78 is 26.1. The molecule has 84 valence electrons. The van der Waals surface area contributed by atoms with E-state index in [2.05, 4.69) is 0 Å². The van der Waals surface area contributed by atoms with Gasteiger partial charge in [0.1, 0.15) is 0 Å². The molecular weight excluding hydrogens is 186 g/mol. The highest BCUT2D eigenvalue weighted by Gasteiger charge is 2.36. The van der Waals surface area contributed by atoms with Gasteiger partial charge in [-0.05, 0) is 31.6 Å². The summed E-state index contributed by atoms with van der Waals surface area (Å²) in [6.07, 6.45) is 1.94. The van der Waals surface area contributed by atoms with E-state index in [0.29, 0.717) is 6.42 Å². The van der Waals surface area contributed by atoms with Crippen molar-refractivity contribution in [1.82, 2.24) is 0 Å². The molecule has 3 heteroatoms. The van der Waals surface area contributed by atoms with Crippen LogP contribution in [0.25, 0.3) is 0 Å². The highest BCUT2D eigenvalue weighted by Crippen LogP contribution is 2.39. The normalized spacial score (nSPS) is 31.1. The van der Waals surface area contributed by atoms with Crippen molar-refractivity contribution in [3.8, 4) is 0 Å². The number of aliphatic hydroxyl groups is 1. The lowest BCUT2D eigenvalue weighted by Gasteiger charge is -2.31. The van der Waals surface area contributed by atoms with E-state index in [4.69, 9.17) is 0 Å². The van der Waals surface area contributed by atoms with E-state index in [1.165, 1.54) is 0 Å². The molecule has 1 fully saturated rings. The molecule has 0 amide bonds. The second kappa shape index (κ2) is 4.56. The molecule has 0 aromatic heterocycles. The summed E-state index contributed by atoms with van der Waals surface area (Å²) in [6.45, 7) is 3.66. The number of hydrogen-bond acceptors (Lipinski definition) is 1. The summed E-state index contributed by atoms with van der Waals surface area (Å²) in [5, 5.41) is 9.29. The van der Waals surface area contributed by atoms with Crippen LogP contribution in [0.4, 0.5) is 8.78 Å². The van der Waals surface area contributed by atoms with Gasteiger partial charge in [0.15, 0.2) is 0 Å². The first-order valence-corrected chi connectivity index (χ1v) is 5.46. The molecule has 0 spiro atoms. The first kappa shape index (κ1) is 11.9. The molecular formula is C11H20F2O. The van der Waals surface area contributed by atoms with Crippen LogP contribution in [0.5, 0.6) is 0 Å². The number of rotatable bonds is 3. The summed E-state index contributed by atoms with van der Waals surface area (Å²) >= 11 is 0. The SMILES string of the molecule is CC(O)C(C)CC1CCCC(F)(F)C1. The van der Waals surface area contributed by atoms with E-state index in [1.54, 1.807) is 6.92 Å². The van der Waals surface area contributed by atoms with Gasteiger partial charge in [-0.2, -0.15) is 0 Å². The maximum absolute atomic E-state index is 13.0. The average Bonchev–Trinajstić information content (AvgIpc) is 2.01. The Morgan fingerprint density at radius 3 is 2.57 bits per heavy atom. The largest absolute Gasteiger partial charge is 0.393 e. The molecule has 0 aliphatic heterocycles. The van der Waals surface area contributed by atoms with Crippen molar-refractivity contribution in [1.29, 1.82) is 0 Å². The Kier molecular flexibility index (Phi) is 3.87. The van der Waals surface area contributed by atoms with Crippen molar-refractivity contribution in [3.05, 3.63) is 0 Å². The lowest BCUT2D eigenvalue weighted by Crippen LogP contribution is -2.28. The van der Waals surface area contributed by atoms with E-state index in [9.17, 15) is 13.9 Å². The zero-order chi connectivity index (χ0) is 10.8. The minimum absolute atomic E-state index is 0.0179. The molecule has 0 aromatic rings. The first-order chi connectivity index (χ1) is 6.41. The molecule has 3 unspecified atom stereocenters. The molecule has 1 aliphatic rings. The van der Waals surface area contributed by atoms with E-state index < -0.39 is 5.92 Å². The summed E-state index contributed by atoms with van der Waals surface area (Å²) in [4.78, 5) is 0. The van der Waals surface area contributed by atoms with Crippen LogP contribution in [0.1, 0.15) is 46.0 Å². The molecule has 0 saturated heterocycles. The monoisotopic (exact) mass is 206 g/mol. The Morgan fingerprint density at radius 2 is 2.07 bits per heavy atom. The van der Waals surface area contributed by atoms with Crippen molar-refractivity contribution >= 4 is 0 Å². The topological polar surface area (TPSA) is 20.2 Å². The van der Waals surface area contributed by atoms with Gasteiger partial charge in [-0.1, -0.05) is 13.3 Å². The van der Waals surface area contributed by atoms with Gasteiger partial charge in [-0.3, -0.25) is 0 Å². The summed E-state index contributed by atoms with van der Waals surface area (Å²) in [6, 6.07) is 0. The van der Waals surface area contributed by atoms with Gasteiger partial charge >= 0.3 is 0 Å². The maximum Gasteiger partial charge on any atom is 0.248 e. The van der Waals surface area contributed by atoms with Crippen LogP contribution in [-0.4, -0.2) is 17.1 Å². The van der Waals surface area contributed by atoms with Crippen LogP contribution in [0.3, 0.4) is 0 Å². The second-order valence-corrected chi connectivity index (χ2v) is 4.77. The molecule has 0 radical (unpaired) electrons. The highest BCUT2D eigenvalue weighted by molar-refractivity contribution is 4.80. The summed E-state index contributed by atoms with van der Waals surface area (Å²) in [7, 11) is 0. The molecule has 1 saturated carbocycles. The Bertz CT molecular complexity index is 180. The Hall–Kier alpha value is -0.180. The minimum atomic E-state index is -2.46. The van der Waals surface area contributed by atoms with Crippen molar-refractivity contribution in [2.24, 2.45) is 11.8 Å². The Labute approximate surface area is 84.5 Å². The van der Waals surface area contributed by atoms with Crippen LogP contribution >= 0.6 is 0 Å². The van der Waals surface area contributed by atoms with E-state index in [1.807, 2.05) is 6.92 Å². The number of aliphatic hydroxyl groups excluding tert-OH is 1. The Balaban J connectivity index is 2.38. The predicted octanol–water partition coefficient (Wildman–Crippen LogP) is 3.22. The van der Waals surface area contributed by atoms with Crippen LogP contribution in [-0.2, 0) is 0 Å². The lowest BCUT2D eigenvalue weighted by atomic mass is 9.80. The van der Waals surface area contributed by atoms with Gasteiger partial charge in [0.2, 0.25) is 5.92 Å². The fourth-order valence-corrected chi connectivity index (χ4v) is 2.20. The van der Waals surface area contributed by atoms with Crippen molar-refractivity contribution in [2.45, 2.75) is 58.0 Å². The third-order valence-corrected chi connectivity index (χ3v) is 3.27. The van der Waals surface area contributed by atoms with Crippen molar-refractivity contribution in [2.75, 3.05) is 0 Å². The first-order valence-electron chi connectivity index (χ1n) is 5.46. The zero-order valence-corrected chi connectivity index (χ0v) is 8.97. The zero-order valence-electron chi connectivity index (χ0n) is 8.97. The molecule has 3 atom stereocenters. The van der Waals surface area contributed by atoms with Gasteiger partial charge in [0.25, 0.3) is 0 Å². The molecule has 0 heterocycles. The lowest BCUT2D eigenvalue weighted by molar-refractivity contribution is -0.0579. The molecule has 1 aliphatic carbocycles. The van der Waals surface area contributed by atoms with Crippen LogP contribution in [0, 0.1) is 11.8 Å². The molecule has 1 rings (SSSR count). The van der Waals surface area contributed by atoms with E-state index in [-0.39, 0.29) is 30.8 Å². The van der Waals surface area contributed by atoms with Gasteiger partial charge in [-0.15, -0.1) is 0 Å². The average molecular weight is 206 g/mol. The maximum atomic E-state index is 13.0. The van der Waals surface area contributed by atoms with Crippen LogP contribution in [0.2, 0.25) is 0 Å². The summed E-state index contributed by atoms with van der Waals surface area (Å²) in [5.41, 5.74) is 0. The van der Waals surface area contributed by atoms with Crippen molar-refractivity contribution in [3.63, 3.8) is 0 Å². The van der Waals surface area contributed by atoms with E-state index in [0.717, 1.165) is 12.8 Å². The van der Waals surface area contributed by atoms with Gasteiger partial charge < -0.3 is 5.11 Å². The number of hydrogen-bond donors (Lipinski definition) is 1. The highest BCUT2D eigenvalue weighted by atomic mass is 19.3. The standard InChI is InChI=1S/C11H20F2O/c1-8(9(2)14)6-10-4-3-5-11(12,13)7-10/h8-10,14H,3-7H2,1-2H3. The fourth-order valence-electron chi connectivity index (χ4n) is 2.20. The van der Waals surface area contributed by atoms with Crippen LogP contribution in [0.15, 0.2) is 0 Å². The van der Waals surface area contributed by atoms with Crippen molar-refractivity contribution < 1.29 is 13.9 Å². The third-order valence-electron chi connectivity index (χ3n) is 3.27. The van der Waals surface area contributed by atoms with E-state index >= 15 is 0 Å². The third kappa shape index (κ3) is 3.52. The number of alkyl halides is 2. The predicted molar refractivity (Wildman–Crippen MR) is 52.4 cm³/mol. The second-order valence-electron chi connectivity index (χ2n) is 4.77. The Morgan fingerprint density at radius 1 is 1.43 bits per heavy atom. The quantitative estimate of drug-likeness (QED) is 0.751. The van der Waals surface area contributed by atoms with Crippen LogP contribution < -0.4 is 0 Å². The molecule has 0 bridgehead atoms. The van der Waals surface area contributed by atoms with Gasteiger partial charge in [0.05, 0.1) is 6.10 Å². The fraction of sp³-hybridized carbons (Fsp3) is 1.00.